The molecule has 8 atom stereocenters. The van der Waals surface area contributed by atoms with Gasteiger partial charge in [-0.15, -0.1) is 0 Å². The SMILES string of the molecule is CC(C)CCC[C@@H](C)[C@H]1CC[C@H]2[C@@H]3CC=C4C[C@@H](OCCCCCCS)CC[C@]4(C)[C@H]3CC[C@]12C. The fourth-order valence-corrected chi connectivity index (χ4v) is 9.84. The highest BCUT2D eigenvalue weighted by Gasteiger charge is 2.59. The summed E-state index contributed by atoms with van der Waals surface area (Å²) in [7, 11) is 0. The third-order valence-electron chi connectivity index (χ3n) is 11.7. The Morgan fingerprint density at radius 1 is 0.914 bits per heavy atom. The van der Waals surface area contributed by atoms with E-state index in [1.165, 1.54) is 96.3 Å². The van der Waals surface area contributed by atoms with Gasteiger partial charge in [0, 0.05) is 6.61 Å². The van der Waals surface area contributed by atoms with Gasteiger partial charge in [-0.1, -0.05) is 78.4 Å². The maximum atomic E-state index is 6.41. The van der Waals surface area contributed by atoms with Gasteiger partial charge in [0.05, 0.1) is 6.10 Å². The van der Waals surface area contributed by atoms with E-state index in [1.54, 1.807) is 5.57 Å². The fourth-order valence-electron chi connectivity index (χ4n) is 9.61. The van der Waals surface area contributed by atoms with Crippen LogP contribution in [0.1, 0.15) is 131 Å². The van der Waals surface area contributed by atoms with E-state index in [-0.39, 0.29) is 0 Å². The van der Waals surface area contributed by atoms with Crippen molar-refractivity contribution >= 4 is 12.6 Å². The summed E-state index contributed by atoms with van der Waals surface area (Å²) < 4.78 is 6.41. The zero-order chi connectivity index (χ0) is 25.1. The van der Waals surface area contributed by atoms with E-state index in [9.17, 15) is 0 Å². The molecule has 3 saturated carbocycles. The second-order valence-corrected chi connectivity index (χ2v) is 14.6. The van der Waals surface area contributed by atoms with Crippen molar-refractivity contribution in [2.24, 2.45) is 46.3 Å². The number of rotatable bonds is 12. The summed E-state index contributed by atoms with van der Waals surface area (Å²) in [6.45, 7) is 13.7. The van der Waals surface area contributed by atoms with Gasteiger partial charge < -0.3 is 4.74 Å². The number of ether oxygens (including phenoxy) is 1. The second-order valence-electron chi connectivity index (χ2n) is 14.2. The monoisotopic (exact) mass is 502 g/mol. The molecule has 0 aromatic carbocycles. The molecule has 0 aromatic rings. The third-order valence-corrected chi connectivity index (χ3v) is 12.0. The second kappa shape index (κ2) is 12.3. The van der Waals surface area contributed by atoms with Crippen molar-refractivity contribution in [3.05, 3.63) is 11.6 Å². The summed E-state index contributed by atoms with van der Waals surface area (Å²) in [5.74, 6) is 6.61. The van der Waals surface area contributed by atoms with Gasteiger partial charge in [-0.25, -0.2) is 0 Å². The van der Waals surface area contributed by atoms with Crippen molar-refractivity contribution < 1.29 is 4.74 Å². The number of hydrogen-bond acceptors (Lipinski definition) is 2. The Balaban J connectivity index is 1.34. The number of allylic oxidation sites excluding steroid dienone is 1. The third kappa shape index (κ3) is 6.05. The lowest BCUT2D eigenvalue weighted by Crippen LogP contribution is -2.51. The van der Waals surface area contributed by atoms with Crippen molar-refractivity contribution in [2.45, 2.75) is 137 Å². The highest BCUT2D eigenvalue weighted by molar-refractivity contribution is 7.80. The molecule has 35 heavy (non-hydrogen) atoms. The zero-order valence-electron chi connectivity index (χ0n) is 24.0. The van der Waals surface area contributed by atoms with E-state index in [1.807, 2.05) is 0 Å². The topological polar surface area (TPSA) is 9.23 Å². The highest BCUT2D eigenvalue weighted by Crippen LogP contribution is 2.67. The summed E-state index contributed by atoms with van der Waals surface area (Å²) in [5, 5.41) is 0. The molecule has 0 bridgehead atoms. The Morgan fingerprint density at radius 2 is 1.71 bits per heavy atom. The first kappa shape index (κ1) is 28.1. The minimum Gasteiger partial charge on any atom is -0.378 e. The predicted octanol–water partition coefficient (Wildman–Crippen LogP) is 9.90. The quantitative estimate of drug-likeness (QED) is 0.159. The Bertz CT molecular complexity index is 699. The van der Waals surface area contributed by atoms with Crippen LogP contribution in [-0.2, 0) is 4.74 Å². The molecule has 4 rings (SSSR count). The summed E-state index contributed by atoms with van der Waals surface area (Å²) in [4.78, 5) is 0. The molecule has 4 aliphatic rings. The van der Waals surface area contributed by atoms with Crippen LogP contribution in [0.3, 0.4) is 0 Å². The van der Waals surface area contributed by atoms with Gasteiger partial charge in [-0.2, -0.15) is 12.6 Å². The summed E-state index contributed by atoms with van der Waals surface area (Å²) in [5.41, 5.74) is 2.84. The van der Waals surface area contributed by atoms with Crippen LogP contribution >= 0.6 is 12.6 Å². The number of fused-ring (bicyclic) bond motifs is 5. The molecule has 0 heterocycles. The van der Waals surface area contributed by atoms with Gasteiger partial charge in [0.2, 0.25) is 0 Å². The van der Waals surface area contributed by atoms with Gasteiger partial charge in [-0.3, -0.25) is 0 Å². The van der Waals surface area contributed by atoms with Gasteiger partial charge in [-0.05, 0) is 116 Å². The van der Waals surface area contributed by atoms with E-state index in [0.29, 0.717) is 16.9 Å². The molecule has 202 valence electrons. The molecule has 0 spiro atoms. The summed E-state index contributed by atoms with van der Waals surface area (Å²) in [6, 6.07) is 0. The average Bonchev–Trinajstić information content (AvgIpc) is 3.18. The van der Waals surface area contributed by atoms with E-state index in [0.717, 1.165) is 47.9 Å². The molecule has 2 heteroatoms. The molecule has 0 amide bonds. The minimum atomic E-state index is 0.456. The van der Waals surface area contributed by atoms with Crippen molar-refractivity contribution in [1.82, 2.24) is 0 Å². The normalized spacial score (nSPS) is 39.6. The molecule has 0 aromatic heterocycles. The minimum absolute atomic E-state index is 0.456. The van der Waals surface area contributed by atoms with Gasteiger partial charge in [0.15, 0.2) is 0 Å². The molecule has 0 aliphatic heterocycles. The Kier molecular flexibility index (Phi) is 9.84. The van der Waals surface area contributed by atoms with Crippen LogP contribution in [0.5, 0.6) is 0 Å². The maximum Gasteiger partial charge on any atom is 0.0612 e. The fraction of sp³-hybridized carbons (Fsp3) is 0.939. The van der Waals surface area contributed by atoms with Crippen LogP contribution < -0.4 is 0 Å². The van der Waals surface area contributed by atoms with Crippen molar-refractivity contribution in [3.8, 4) is 0 Å². The Hall–Kier alpha value is 0.0500. The smallest absolute Gasteiger partial charge is 0.0612 e. The Labute approximate surface area is 224 Å². The number of unbranched alkanes of at least 4 members (excludes halogenated alkanes) is 3. The summed E-state index contributed by atoms with van der Waals surface area (Å²) in [6.07, 6.45) is 23.8. The van der Waals surface area contributed by atoms with Crippen molar-refractivity contribution in [1.29, 1.82) is 0 Å². The lowest BCUT2D eigenvalue weighted by Gasteiger charge is -2.58. The molecule has 0 saturated heterocycles. The van der Waals surface area contributed by atoms with Crippen LogP contribution in [0, 0.1) is 46.3 Å². The summed E-state index contributed by atoms with van der Waals surface area (Å²) >= 11 is 4.33. The van der Waals surface area contributed by atoms with E-state index in [2.05, 4.69) is 53.3 Å². The van der Waals surface area contributed by atoms with Gasteiger partial charge >= 0.3 is 0 Å². The maximum absolute atomic E-state index is 6.41. The van der Waals surface area contributed by atoms with E-state index in [4.69, 9.17) is 4.74 Å². The number of hydrogen-bond donors (Lipinski definition) is 1. The van der Waals surface area contributed by atoms with Gasteiger partial charge in [0.25, 0.3) is 0 Å². The first-order valence-corrected chi connectivity index (χ1v) is 16.3. The first-order chi connectivity index (χ1) is 16.8. The largest absolute Gasteiger partial charge is 0.378 e. The molecule has 1 nitrogen and oxygen atoms in total. The molecule has 3 fully saturated rings. The highest BCUT2D eigenvalue weighted by atomic mass is 32.1. The zero-order valence-corrected chi connectivity index (χ0v) is 24.9. The van der Waals surface area contributed by atoms with Crippen molar-refractivity contribution in [3.63, 3.8) is 0 Å². The van der Waals surface area contributed by atoms with Crippen LogP contribution in [0.15, 0.2) is 11.6 Å². The number of thiol groups is 1. The molecule has 0 unspecified atom stereocenters. The predicted molar refractivity (Wildman–Crippen MR) is 155 cm³/mol. The molecular weight excluding hydrogens is 444 g/mol. The van der Waals surface area contributed by atoms with E-state index >= 15 is 0 Å². The molecule has 4 aliphatic carbocycles. The standard InChI is InChI=1S/C33H58OS/c1-24(2)11-10-12-25(3)29-15-16-30-28-14-13-26-23-27(34-21-8-6-7-9-22-35)17-19-32(26,4)31(28)18-20-33(29,30)5/h13,24-25,27-31,35H,6-12,14-23H2,1-5H3/t25-,27+,28+,29-,30+,31+,32+,33-/m1/s1. The van der Waals surface area contributed by atoms with Crippen molar-refractivity contribution in [2.75, 3.05) is 12.4 Å². The lowest BCUT2D eigenvalue weighted by molar-refractivity contribution is -0.0641. The molecule has 0 radical (unpaired) electrons. The average molecular weight is 503 g/mol. The van der Waals surface area contributed by atoms with E-state index < -0.39 is 0 Å². The molecular formula is C33H58OS. The molecule has 0 N–H and O–H groups in total. The van der Waals surface area contributed by atoms with Crippen LogP contribution in [-0.4, -0.2) is 18.5 Å². The van der Waals surface area contributed by atoms with Crippen LogP contribution in [0.2, 0.25) is 0 Å². The Morgan fingerprint density at radius 3 is 2.49 bits per heavy atom. The van der Waals surface area contributed by atoms with Crippen LogP contribution in [0.25, 0.3) is 0 Å². The van der Waals surface area contributed by atoms with Crippen LogP contribution in [0.4, 0.5) is 0 Å². The van der Waals surface area contributed by atoms with Gasteiger partial charge in [0.1, 0.15) is 0 Å². The first-order valence-electron chi connectivity index (χ1n) is 15.7. The lowest BCUT2D eigenvalue weighted by atomic mass is 9.47.